The Morgan fingerprint density at radius 2 is 1.02 bits per heavy atom. The summed E-state index contributed by atoms with van der Waals surface area (Å²) in [5.41, 5.74) is -0.663. The van der Waals surface area contributed by atoms with Gasteiger partial charge < -0.3 is 40.7 Å². The number of esters is 2. The van der Waals surface area contributed by atoms with Gasteiger partial charge in [-0.2, -0.15) is 0 Å². The first-order chi connectivity index (χ1) is 23.0. The van der Waals surface area contributed by atoms with Crippen molar-refractivity contribution in [2.24, 2.45) is 11.8 Å². The van der Waals surface area contributed by atoms with Crippen LogP contribution in [0, 0.1) is 11.8 Å². The van der Waals surface area contributed by atoms with E-state index in [-0.39, 0.29) is 60.9 Å². The van der Waals surface area contributed by atoms with Crippen molar-refractivity contribution in [2.75, 3.05) is 26.3 Å². The molecule has 0 bridgehead atoms. The second-order valence-electron chi connectivity index (χ2n) is 11.5. The average Bonchev–Trinajstić information content (AvgIpc) is 3.78. The Balaban J connectivity index is 1.97. The first-order valence-electron chi connectivity index (χ1n) is 16.6. The molecule has 0 saturated carbocycles. The maximum Gasteiger partial charge on any atom is 0.328 e. The normalized spacial score (nSPS) is 13.4. The quantitative estimate of drug-likeness (QED) is 0.0836. The molecule has 16 heteroatoms. The zero-order valence-electron chi connectivity index (χ0n) is 28.7. The van der Waals surface area contributed by atoms with Gasteiger partial charge in [0.25, 0.3) is 23.6 Å². The highest BCUT2D eigenvalue weighted by molar-refractivity contribution is 6.06. The topological polar surface area (TPSA) is 226 Å². The van der Waals surface area contributed by atoms with Gasteiger partial charge in [0.2, 0.25) is 0 Å². The third kappa shape index (κ3) is 11.5. The van der Waals surface area contributed by atoms with Crippen LogP contribution < -0.4 is 21.3 Å². The van der Waals surface area contributed by atoms with Gasteiger partial charge in [-0.3, -0.25) is 19.2 Å². The summed E-state index contributed by atoms with van der Waals surface area (Å²) < 4.78 is 10.6. The summed E-state index contributed by atoms with van der Waals surface area (Å²) >= 11 is 0. The van der Waals surface area contributed by atoms with Gasteiger partial charge in [-0.05, 0) is 24.7 Å². The highest BCUT2D eigenvalue weighted by Crippen LogP contribution is 2.14. The molecule has 0 aromatic carbocycles. The highest BCUT2D eigenvalue weighted by atomic mass is 16.5. The van der Waals surface area contributed by atoms with Gasteiger partial charge in [0.15, 0.2) is 11.4 Å². The van der Waals surface area contributed by atoms with Crippen LogP contribution >= 0.6 is 0 Å². The molecule has 0 saturated heterocycles. The zero-order chi connectivity index (χ0) is 35.6. The highest BCUT2D eigenvalue weighted by Gasteiger charge is 2.32. The number of nitrogens with zero attached hydrogens (tertiary/aromatic N) is 2. The number of H-pyrrole nitrogens is 2. The minimum atomic E-state index is -0.919. The summed E-state index contributed by atoms with van der Waals surface area (Å²) in [7, 11) is 0. The predicted molar refractivity (Wildman–Crippen MR) is 175 cm³/mol. The van der Waals surface area contributed by atoms with E-state index in [4.69, 9.17) is 9.47 Å². The molecular formula is C32H50N8O8. The van der Waals surface area contributed by atoms with Crippen LogP contribution in [0.5, 0.6) is 0 Å². The fourth-order valence-corrected chi connectivity index (χ4v) is 4.38. The van der Waals surface area contributed by atoms with Crippen molar-refractivity contribution >= 4 is 35.6 Å². The lowest BCUT2D eigenvalue weighted by Crippen LogP contribution is -2.46. The van der Waals surface area contributed by atoms with Gasteiger partial charge in [-0.15, -0.1) is 0 Å². The van der Waals surface area contributed by atoms with Crippen molar-refractivity contribution in [3.05, 3.63) is 35.4 Å². The third-order valence-electron chi connectivity index (χ3n) is 7.85. The predicted octanol–water partition coefficient (Wildman–Crippen LogP) is 2.27. The van der Waals surface area contributed by atoms with E-state index in [1.165, 1.54) is 12.7 Å². The van der Waals surface area contributed by atoms with E-state index < -0.39 is 47.7 Å². The number of nitrogens with one attached hydrogen (secondary N) is 6. The van der Waals surface area contributed by atoms with Crippen LogP contribution in [0.15, 0.2) is 12.7 Å². The molecule has 0 aliphatic carbocycles. The number of amides is 4. The lowest BCUT2D eigenvalue weighted by atomic mass is 9.99. The van der Waals surface area contributed by atoms with E-state index in [0.717, 1.165) is 12.8 Å². The lowest BCUT2D eigenvalue weighted by Gasteiger charge is -2.22. The summed E-state index contributed by atoms with van der Waals surface area (Å²) in [6.45, 7) is 11.7. The van der Waals surface area contributed by atoms with Crippen molar-refractivity contribution in [2.45, 2.75) is 92.2 Å². The third-order valence-corrected chi connectivity index (χ3v) is 7.85. The van der Waals surface area contributed by atoms with Gasteiger partial charge in [0, 0.05) is 13.1 Å². The van der Waals surface area contributed by atoms with E-state index in [2.05, 4.69) is 41.2 Å². The largest absolute Gasteiger partial charge is 0.464 e. The fraction of sp³-hybridized carbons (Fsp3) is 0.625. The standard InChI is InChI=1S/C32H50N8O8/c1-7-11-15-47-31(45)21(19(5)9-3)39-29(43)25-23(35-17-37-25)27(41)33-13-14-34-28(42)24-26(38-18-36-24)30(44)40-22(20(6)10-4)32(46)48-16-12-8-2/h17-22H,7-16H2,1-6H3,(H,33,41)(H,34,42)(H,35,37)(H,36,38)(H,39,43)(H,40,44)/t19?,20?,21-,22-/m0/s1. The monoisotopic (exact) mass is 674 g/mol. The fourth-order valence-electron chi connectivity index (χ4n) is 4.38. The number of ether oxygens (including phenoxy) is 2. The summed E-state index contributed by atoms with van der Waals surface area (Å²) in [5, 5.41) is 10.5. The van der Waals surface area contributed by atoms with E-state index in [0.29, 0.717) is 25.7 Å². The van der Waals surface area contributed by atoms with Gasteiger partial charge in [-0.25, -0.2) is 19.6 Å². The van der Waals surface area contributed by atoms with E-state index in [1.807, 2.05) is 41.5 Å². The lowest BCUT2D eigenvalue weighted by molar-refractivity contribution is -0.148. The second-order valence-corrected chi connectivity index (χ2v) is 11.5. The molecule has 16 nitrogen and oxygen atoms in total. The molecule has 4 amide bonds. The van der Waals surface area contributed by atoms with Crippen LogP contribution in [-0.4, -0.2) is 93.9 Å². The molecule has 48 heavy (non-hydrogen) atoms. The van der Waals surface area contributed by atoms with Crippen LogP contribution in [0.3, 0.4) is 0 Å². The molecule has 4 atom stereocenters. The zero-order valence-corrected chi connectivity index (χ0v) is 28.7. The molecule has 2 aromatic rings. The number of aromatic nitrogens is 4. The Kier molecular flexibility index (Phi) is 16.8. The van der Waals surface area contributed by atoms with Crippen LogP contribution in [0.2, 0.25) is 0 Å². The van der Waals surface area contributed by atoms with Gasteiger partial charge in [0.05, 0.1) is 25.9 Å². The van der Waals surface area contributed by atoms with Crippen LogP contribution in [0.1, 0.15) is 122 Å². The van der Waals surface area contributed by atoms with Crippen molar-refractivity contribution in [1.29, 1.82) is 0 Å². The number of unbranched alkanes of at least 4 members (excludes halogenated alkanes) is 2. The molecule has 2 rings (SSSR count). The van der Waals surface area contributed by atoms with Gasteiger partial charge in [-0.1, -0.05) is 67.2 Å². The van der Waals surface area contributed by atoms with Crippen molar-refractivity contribution in [1.82, 2.24) is 41.2 Å². The number of hydrogen-bond donors (Lipinski definition) is 6. The Hall–Kier alpha value is -4.76. The van der Waals surface area contributed by atoms with Crippen molar-refractivity contribution in [3.63, 3.8) is 0 Å². The molecule has 2 unspecified atom stereocenters. The van der Waals surface area contributed by atoms with Crippen LogP contribution in [0.4, 0.5) is 0 Å². The minimum Gasteiger partial charge on any atom is -0.464 e. The summed E-state index contributed by atoms with van der Waals surface area (Å²) in [6, 6.07) is -1.84. The maximum atomic E-state index is 13.0. The van der Waals surface area contributed by atoms with Crippen LogP contribution in [0.25, 0.3) is 0 Å². The molecule has 2 heterocycles. The Morgan fingerprint density at radius 1 is 0.646 bits per heavy atom. The molecule has 0 fully saturated rings. The van der Waals surface area contributed by atoms with E-state index in [1.54, 1.807) is 0 Å². The van der Waals surface area contributed by atoms with Gasteiger partial charge >= 0.3 is 11.9 Å². The molecule has 0 spiro atoms. The Morgan fingerprint density at radius 3 is 1.35 bits per heavy atom. The number of hydrogen-bond acceptors (Lipinski definition) is 10. The SMILES string of the molecule is CCCCOC(=O)[C@@H](NC(=O)c1nc[nH]c1C(=O)NCCNC(=O)c1[nH]cnc1C(=O)N[C@H](C(=O)OCCCC)C(C)CC)C(C)CC. The molecule has 2 aromatic heterocycles. The minimum absolute atomic E-state index is 0.0424. The van der Waals surface area contributed by atoms with Crippen LogP contribution in [-0.2, 0) is 19.1 Å². The summed E-state index contributed by atoms with van der Waals surface area (Å²) in [4.78, 5) is 90.3. The molecule has 266 valence electrons. The van der Waals surface area contributed by atoms with Crippen molar-refractivity contribution < 1.29 is 38.2 Å². The number of imidazole rings is 2. The number of carbonyl (C=O) groups excluding carboxylic acids is 6. The first kappa shape index (κ1) is 39.4. The van der Waals surface area contributed by atoms with E-state index >= 15 is 0 Å². The van der Waals surface area contributed by atoms with Crippen molar-refractivity contribution in [3.8, 4) is 0 Å². The van der Waals surface area contributed by atoms with Gasteiger partial charge in [0.1, 0.15) is 23.5 Å². The molecule has 0 radical (unpaired) electrons. The first-order valence-corrected chi connectivity index (χ1v) is 16.6. The Labute approximate surface area is 280 Å². The smallest absolute Gasteiger partial charge is 0.328 e. The summed E-state index contributed by atoms with van der Waals surface area (Å²) in [5.74, 6) is -4.33. The second kappa shape index (κ2) is 20.5. The number of rotatable bonds is 21. The Bertz CT molecular complexity index is 1270. The molecule has 0 aliphatic rings. The number of aromatic amines is 2. The molecular weight excluding hydrogens is 624 g/mol. The summed E-state index contributed by atoms with van der Waals surface area (Å²) in [6.07, 6.45) is 6.67. The number of carbonyl (C=O) groups is 6. The molecule has 0 aliphatic heterocycles. The molecule has 6 N–H and O–H groups in total. The average molecular weight is 675 g/mol. The van der Waals surface area contributed by atoms with E-state index in [9.17, 15) is 28.8 Å². The maximum absolute atomic E-state index is 13.0.